The van der Waals surface area contributed by atoms with Gasteiger partial charge in [0.05, 0.1) is 11.6 Å². The minimum absolute atomic E-state index is 0.00102. The van der Waals surface area contributed by atoms with Crippen molar-refractivity contribution < 1.29 is 19.1 Å². The average molecular weight is 283 g/mol. The molecular formula is C12H11ClN2O4. The summed E-state index contributed by atoms with van der Waals surface area (Å²) in [6.07, 6.45) is 0. The average Bonchev–Trinajstić information content (AvgIpc) is 2.58. The number of amides is 4. The van der Waals surface area contributed by atoms with Crippen molar-refractivity contribution in [2.75, 3.05) is 20.2 Å². The molecule has 4 amide bonds. The summed E-state index contributed by atoms with van der Waals surface area (Å²) < 4.78 is 5.36. The van der Waals surface area contributed by atoms with Gasteiger partial charge in [-0.05, 0) is 12.1 Å². The molecule has 0 bridgehead atoms. The Kier molecular flexibility index (Phi) is 3.71. The van der Waals surface area contributed by atoms with E-state index in [1.165, 1.54) is 7.05 Å². The van der Waals surface area contributed by atoms with Crippen molar-refractivity contribution >= 4 is 29.4 Å². The second-order valence-electron chi connectivity index (χ2n) is 3.88. The Labute approximate surface area is 114 Å². The first-order chi connectivity index (χ1) is 9.02. The smallest absolute Gasteiger partial charge is 0.334 e. The largest absolute Gasteiger partial charge is 0.490 e. The van der Waals surface area contributed by atoms with Gasteiger partial charge in [-0.3, -0.25) is 19.4 Å². The van der Waals surface area contributed by atoms with Crippen LogP contribution in [0.25, 0.3) is 0 Å². The van der Waals surface area contributed by atoms with Crippen molar-refractivity contribution in [2.45, 2.75) is 0 Å². The molecule has 0 N–H and O–H groups in total. The number of benzene rings is 1. The maximum Gasteiger partial charge on any atom is 0.334 e. The molecule has 6 nitrogen and oxygen atoms in total. The number of urea groups is 1. The number of likely N-dealkylation sites (N-methyl/N-ethyl adjacent to an activating group) is 1. The number of hydrogen-bond acceptors (Lipinski definition) is 4. The third-order valence-electron chi connectivity index (χ3n) is 2.66. The van der Waals surface area contributed by atoms with Gasteiger partial charge >= 0.3 is 17.8 Å². The van der Waals surface area contributed by atoms with Gasteiger partial charge < -0.3 is 4.74 Å². The fourth-order valence-electron chi connectivity index (χ4n) is 1.62. The Hall–Kier alpha value is -2.08. The van der Waals surface area contributed by atoms with Gasteiger partial charge in [-0.1, -0.05) is 23.7 Å². The number of hydrogen-bond donors (Lipinski definition) is 0. The van der Waals surface area contributed by atoms with E-state index in [4.69, 9.17) is 16.3 Å². The fraction of sp³-hybridized carbons (Fsp3) is 0.250. The highest BCUT2D eigenvalue weighted by atomic mass is 35.5. The van der Waals surface area contributed by atoms with E-state index in [9.17, 15) is 14.4 Å². The van der Waals surface area contributed by atoms with Crippen molar-refractivity contribution in [3.05, 3.63) is 29.3 Å². The van der Waals surface area contributed by atoms with E-state index >= 15 is 0 Å². The van der Waals surface area contributed by atoms with E-state index in [0.717, 1.165) is 9.80 Å². The Morgan fingerprint density at radius 1 is 1.16 bits per heavy atom. The molecule has 0 spiro atoms. The molecule has 1 fully saturated rings. The molecule has 1 aliphatic heterocycles. The first-order valence-corrected chi connectivity index (χ1v) is 5.91. The molecule has 0 aliphatic carbocycles. The van der Waals surface area contributed by atoms with Crippen LogP contribution >= 0.6 is 11.6 Å². The van der Waals surface area contributed by atoms with Gasteiger partial charge in [-0.25, -0.2) is 4.79 Å². The second-order valence-corrected chi connectivity index (χ2v) is 4.29. The Balaban J connectivity index is 1.94. The zero-order valence-corrected chi connectivity index (χ0v) is 10.9. The predicted molar refractivity (Wildman–Crippen MR) is 66.8 cm³/mol. The summed E-state index contributed by atoms with van der Waals surface area (Å²) in [5.74, 6) is -1.21. The lowest BCUT2D eigenvalue weighted by Gasteiger charge is -2.13. The molecule has 7 heteroatoms. The number of nitrogens with zero attached hydrogens (tertiary/aromatic N) is 2. The Morgan fingerprint density at radius 3 is 2.42 bits per heavy atom. The highest BCUT2D eigenvalue weighted by Gasteiger charge is 2.41. The summed E-state index contributed by atoms with van der Waals surface area (Å²) in [7, 11) is 1.26. The van der Waals surface area contributed by atoms with Crippen LogP contribution in [-0.2, 0) is 9.59 Å². The summed E-state index contributed by atoms with van der Waals surface area (Å²) in [6.45, 7) is 0.0707. The van der Waals surface area contributed by atoms with E-state index in [1.807, 2.05) is 0 Å². The highest BCUT2D eigenvalue weighted by molar-refractivity contribution is 6.44. The van der Waals surface area contributed by atoms with E-state index in [1.54, 1.807) is 24.3 Å². The van der Waals surface area contributed by atoms with Crippen LogP contribution in [0.5, 0.6) is 5.75 Å². The number of rotatable bonds is 4. The number of ether oxygens (including phenoxy) is 1. The lowest BCUT2D eigenvalue weighted by molar-refractivity contribution is -0.142. The molecule has 1 saturated heterocycles. The molecule has 0 aromatic heterocycles. The van der Waals surface area contributed by atoms with Gasteiger partial charge in [-0.2, -0.15) is 0 Å². The van der Waals surface area contributed by atoms with Crippen LogP contribution in [0.15, 0.2) is 24.3 Å². The summed E-state index contributed by atoms with van der Waals surface area (Å²) >= 11 is 5.89. The summed E-state index contributed by atoms with van der Waals surface area (Å²) in [4.78, 5) is 35.9. The van der Waals surface area contributed by atoms with Crippen LogP contribution in [0.2, 0.25) is 5.02 Å². The molecular weight excluding hydrogens is 272 g/mol. The molecule has 100 valence electrons. The van der Waals surface area contributed by atoms with Crippen LogP contribution in [0.1, 0.15) is 0 Å². The van der Waals surface area contributed by atoms with E-state index in [-0.39, 0.29) is 13.2 Å². The van der Waals surface area contributed by atoms with Crippen LogP contribution < -0.4 is 4.74 Å². The number of imide groups is 2. The third-order valence-corrected chi connectivity index (χ3v) is 2.97. The standard InChI is InChI=1S/C12H11ClN2O4/c1-14-10(16)11(17)15(12(14)18)6-7-19-9-5-3-2-4-8(9)13/h2-5H,6-7H2,1H3. The quantitative estimate of drug-likeness (QED) is 0.613. The Bertz CT molecular complexity index is 546. The summed E-state index contributed by atoms with van der Waals surface area (Å²) in [5, 5.41) is 0.440. The molecule has 0 radical (unpaired) electrons. The number of halogens is 1. The molecule has 1 aromatic carbocycles. The topological polar surface area (TPSA) is 66.9 Å². The molecule has 0 saturated carbocycles. The molecule has 1 aromatic rings. The minimum atomic E-state index is -0.838. The normalized spacial score (nSPS) is 15.4. The van der Waals surface area contributed by atoms with Crippen molar-refractivity contribution in [1.29, 1.82) is 0 Å². The first kappa shape index (κ1) is 13.4. The van der Waals surface area contributed by atoms with Crippen LogP contribution in [0.3, 0.4) is 0 Å². The van der Waals surface area contributed by atoms with Crippen LogP contribution in [-0.4, -0.2) is 47.8 Å². The molecule has 1 aliphatic rings. The van der Waals surface area contributed by atoms with Crippen molar-refractivity contribution in [3.63, 3.8) is 0 Å². The zero-order valence-electron chi connectivity index (χ0n) is 10.1. The molecule has 2 rings (SSSR count). The van der Waals surface area contributed by atoms with Gasteiger partial charge in [-0.15, -0.1) is 0 Å². The monoisotopic (exact) mass is 282 g/mol. The van der Waals surface area contributed by atoms with Gasteiger partial charge in [0, 0.05) is 7.05 Å². The van der Waals surface area contributed by atoms with Crippen LogP contribution in [0, 0.1) is 0 Å². The van der Waals surface area contributed by atoms with Gasteiger partial charge in [0.25, 0.3) is 0 Å². The Morgan fingerprint density at radius 2 is 1.84 bits per heavy atom. The molecule has 1 heterocycles. The maximum atomic E-state index is 11.6. The number of para-hydroxylation sites is 1. The van der Waals surface area contributed by atoms with Crippen LogP contribution in [0.4, 0.5) is 4.79 Å². The van der Waals surface area contributed by atoms with E-state index < -0.39 is 17.8 Å². The second kappa shape index (κ2) is 5.27. The van der Waals surface area contributed by atoms with Gasteiger partial charge in [0.2, 0.25) is 0 Å². The van der Waals surface area contributed by atoms with E-state index in [0.29, 0.717) is 10.8 Å². The summed E-state index contributed by atoms with van der Waals surface area (Å²) in [5.41, 5.74) is 0. The van der Waals surface area contributed by atoms with Gasteiger partial charge in [0.1, 0.15) is 12.4 Å². The third kappa shape index (κ3) is 2.53. The van der Waals surface area contributed by atoms with Crippen molar-refractivity contribution in [3.8, 4) is 5.75 Å². The lowest BCUT2D eigenvalue weighted by Crippen LogP contribution is -2.35. The fourth-order valence-corrected chi connectivity index (χ4v) is 1.81. The SMILES string of the molecule is CN1C(=O)C(=O)N(CCOc2ccccc2Cl)C1=O. The minimum Gasteiger partial charge on any atom is -0.490 e. The van der Waals surface area contributed by atoms with E-state index in [2.05, 4.69) is 0 Å². The molecule has 19 heavy (non-hydrogen) atoms. The lowest BCUT2D eigenvalue weighted by atomic mass is 10.3. The number of carbonyl (C=O) groups excluding carboxylic acids is 3. The molecule has 0 atom stereocenters. The van der Waals surface area contributed by atoms with Crippen molar-refractivity contribution in [1.82, 2.24) is 9.80 Å². The highest BCUT2D eigenvalue weighted by Crippen LogP contribution is 2.23. The van der Waals surface area contributed by atoms with Crippen molar-refractivity contribution in [2.24, 2.45) is 0 Å². The first-order valence-electron chi connectivity index (χ1n) is 5.53. The zero-order chi connectivity index (χ0) is 14.0. The molecule has 0 unspecified atom stereocenters. The summed E-state index contributed by atoms with van der Waals surface area (Å²) in [6, 6.07) is 6.21. The number of carbonyl (C=O) groups is 3. The maximum absolute atomic E-state index is 11.6. The van der Waals surface area contributed by atoms with Gasteiger partial charge in [0.15, 0.2) is 0 Å². The predicted octanol–water partition coefficient (Wildman–Crippen LogP) is 1.14.